The Morgan fingerprint density at radius 2 is 1.51 bits per heavy atom. The van der Waals surface area contributed by atoms with E-state index in [4.69, 9.17) is 11.6 Å². The van der Waals surface area contributed by atoms with Crippen LogP contribution >= 0.6 is 11.6 Å². The molecule has 0 aromatic heterocycles. The molecule has 0 spiro atoms. The van der Waals surface area contributed by atoms with Crippen molar-refractivity contribution >= 4 is 39.1 Å². The fourth-order valence-electron chi connectivity index (χ4n) is 4.97. The molecule has 0 saturated heterocycles. The van der Waals surface area contributed by atoms with Gasteiger partial charge in [-0.25, -0.2) is 8.42 Å². The summed E-state index contributed by atoms with van der Waals surface area (Å²) in [6.45, 7) is 7.03. The van der Waals surface area contributed by atoms with Crippen LogP contribution in [-0.4, -0.2) is 43.8 Å². The summed E-state index contributed by atoms with van der Waals surface area (Å²) in [6, 6.07) is 18.4. The van der Waals surface area contributed by atoms with Gasteiger partial charge < -0.3 is 10.2 Å². The van der Waals surface area contributed by atoms with Gasteiger partial charge in [0.05, 0.1) is 10.6 Å². The zero-order valence-electron chi connectivity index (χ0n) is 24.1. The lowest BCUT2D eigenvalue weighted by Crippen LogP contribution is -2.52. The van der Waals surface area contributed by atoms with E-state index in [0.717, 1.165) is 52.2 Å². The van der Waals surface area contributed by atoms with Crippen LogP contribution in [0.4, 0.5) is 5.69 Å². The average Bonchev–Trinajstić information content (AvgIpc) is 3.45. The third-order valence-electron chi connectivity index (χ3n) is 7.67. The summed E-state index contributed by atoms with van der Waals surface area (Å²) < 4.78 is 29.0. The minimum Gasteiger partial charge on any atom is -0.352 e. The van der Waals surface area contributed by atoms with E-state index in [2.05, 4.69) is 5.32 Å². The van der Waals surface area contributed by atoms with Crippen molar-refractivity contribution in [1.29, 1.82) is 0 Å². The number of rotatable bonds is 10. The predicted molar refractivity (Wildman–Crippen MR) is 163 cm³/mol. The van der Waals surface area contributed by atoms with E-state index in [9.17, 15) is 18.0 Å². The maximum Gasteiger partial charge on any atom is 0.264 e. The summed E-state index contributed by atoms with van der Waals surface area (Å²) in [5, 5.41) is 3.48. The lowest BCUT2D eigenvalue weighted by molar-refractivity contribution is -0.139. The Bertz CT molecular complexity index is 1480. The Morgan fingerprint density at radius 1 is 0.927 bits per heavy atom. The molecule has 218 valence electrons. The third kappa shape index (κ3) is 7.49. The minimum atomic E-state index is -4.15. The van der Waals surface area contributed by atoms with Gasteiger partial charge in [0.1, 0.15) is 12.6 Å². The summed E-state index contributed by atoms with van der Waals surface area (Å²) in [5.74, 6) is -0.740. The molecule has 3 aromatic rings. The highest BCUT2D eigenvalue weighted by atomic mass is 35.5. The molecule has 41 heavy (non-hydrogen) atoms. The van der Waals surface area contributed by atoms with E-state index in [0.29, 0.717) is 5.02 Å². The second-order valence-electron chi connectivity index (χ2n) is 10.9. The molecule has 1 aliphatic rings. The van der Waals surface area contributed by atoms with Crippen LogP contribution in [-0.2, 0) is 26.2 Å². The predicted octanol–water partition coefficient (Wildman–Crippen LogP) is 5.94. The van der Waals surface area contributed by atoms with Crippen LogP contribution in [0.2, 0.25) is 5.02 Å². The summed E-state index contributed by atoms with van der Waals surface area (Å²) >= 11 is 6.40. The van der Waals surface area contributed by atoms with Crippen LogP contribution in [0.3, 0.4) is 0 Å². The lowest BCUT2D eigenvalue weighted by atomic mass is 10.1. The largest absolute Gasteiger partial charge is 0.352 e. The molecule has 3 aromatic carbocycles. The van der Waals surface area contributed by atoms with Crippen molar-refractivity contribution in [2.45, 2.75) is 76.9 Å². The minimum absolute atomic E-state index is 0.0599. The molecule has 4 rings (SSSR count). The molecule has 7 nitrogen and oxygen atoms in total. The van der Waals surface area contributed by atoms with E-state index >= 15 is 0 Å². The number of carbonyl (C=O) groups excluding carboxylic acids is 2. The van der Waals surface area contributed by atoms with Gasteiger partial charge in [-0.2, -0.15) is 0 Å². The SMILES string of the molecule is Cc1ccc(CN(C(=O)CN(c2ccc(C)c(Cl)c2)S(=O)(=O)c2ccc(C)cc2)[C@H](C)C(=O)NC2CCCC2)cc1. The van der Waals surface area contributed by atoms with Crippen LogP contribution in [0.25, 0.3) is 0 Å². The zero-order valence-corrected chi connectivity index (χ0v) is 25.6. The van der Waals surface area contributed by atoms with Crippen LogP contribution in [0.1, 0.15) is 54.9 Å². The van der Waals surface area contributed by atoms with Crippen molar-refractivity contribution in [1.82, 2.24) is 10.2 Å². The maximum atomic E-state index is 14.1. The first-order valence-corrected chi connectivity index (χ1v) is 15.8. The van der Waals surface area contributed by atoms with Crippen molar-refractivity contribution in [2.75, 3.05) is 10.8 Å². The molecule has 0 unspecified atom stereocenters. The van der Waals surface area contributed by atoms with Gasteiger partial charge in [0.25, 0.3) is 10.0 Å². The number of anilines is 1. The molecule has 0 heterocycles. The van der Waals surface area contributed by atoms with Crippen molar-refractivity contribution in [3.05, 3.63) is 94.0 Å². The number of aryl methyl sites for hydroxylation is 3. The van der Waals surface area contributed by atoms with E-state index < -0.39 is 28.5 Å². The van der Waals surface area contributed by atoms with Gasteiger partial charge in [-0.1, -0.05) is 78.0 Å². The van der Waals surface area contributed by atoms with Crippen LogP contribution in [0.5, 0.6) is 0 Å². The molecule has 9 heteroatoms. The zero-order chi connectivity index (χ0) is 29.7. The number of benzene rings is 3. The molecule has 1 aliphatic carbocycles. The van der Waals surface area contributed by atoms with Gasteiger partial charge in [-0.15, -0.1) is 0 Å². The number of hydrogen-bond acceptors (Lipinski definition) is 4. The van der Waals surface area contributed by atoms with Gasteiger partial charge in [-0.05, 0) is 75.9 Å². The summed E-state index contributed by atoms with van der Waals surface area (Å²) in [6.07, 6.45) is 3.97. The first-order valence-electron chi connectivity index (χ1n) is 14.0. The Balaban J connectivity index is 1.70. The molecule has 0 aliphatic heterocycles. The maximum absolute atomic E-state index is 14.1. The van der Waals surface area contributed by atoms with Crippen LogP contribution in [0.15, 0.2) is 71.6 Å². The second-order valence-corrected chi connectivity index (χ2v) is 13.2. The number of amides is 2. The molecule has 1 atom stereocenters. The Labute approximate surface area is 248 Å². The van der Waals surface area contributed by atoms with E-state index in [1.165, 1.54) is 17.0 Å². The fraction of sp³-hybridized carbons (Fsp3) is 0.375. The highest BCUT2D eigenvalue weighted by Crippen LogP contribution is 2.29. The van der Waals surface area contributed by atoms with Crippen molar-refractivity contribution in [3.63, 3.8) is 0 Å². The molecule has 1 N–H and O–H groups in total. The highest BCUT2D eigenvalue weighted by Gasteiger charge is 2.33. The van der Waals surface area contributed by atoms with Crippen molar-refractivity contribution in [3.8, 4) is 0 Å². The molecular weight excluding hydrogens is 558 g/mol. The normalized spacial score (nSPS) is 14.5. The Hall–Kier alpha value is -3.36. The number of sulfonamides is 1. The Kier molecular flexibility index (Phi) is 9.76. The monoisotopic (exact) mass is 595 g/mol. The standard InChI is InChI=1S/C32H38ClN3O4S/c1-22-9-14-26(15-10-22)20-35(25(4)32(38)34-27-7-5-6-8-27)31(37)21-36(28-16-13-24(3)30(33)19-28)41(39,40)29-17-11-23(2)12-18-29/h9-19,25,27H,5-8,20-21H2,1-4H3,(H,34,38)/t25-/m1/s1. The number of nitrogens with zero attached hydrogens (tertiary/aromatic N) is 2. The number of carbonyl (C=O) groups is 2. The smallest absolute Gasteiger partial charge is 0.264 e. The first kappa shape index (κ1) is 30.6. The van der Waals surface area contributed by atoms with E-state index in [1.807, 2.05) is 45.0 Å². The molecule has 1 fully saturated rings. The van der Waals surface area contributed by atoms with Crippen LogP contribution in [0, 0.1) is 20.8 Å². The second kappa shape index (κ2) is 13.1. The number of hydrogen-bond donors (Lipinski definition) is 1. The third-order valence-corrected chi connectivity index (χ3v) is 9.87. The molecule has 0 radical (unpaired) electrons. The molecule has 2 amide bonds. The summed E-state index contributed by atoms with van der Waals surface area (Å²) in [5.41, 5.74) is 3.89. The van der Waals surface area contributed by atoms with E-state index in [-0.39, 0.29) is 29.1 Å². The molecule has 1 saturated carbocycles. The van der Waals surface area contributed by atoms with Crippen LogP contribution < -0.4 is 9.62 Å². The average molecular weight is 596 g/mol. The van der Waals surface area contributed by atoms with Gasteiger partial charge in [0.2, 0.25) is 11.8 Å². The summed E-state index contributed by atoms with van der Waals surface area (Å²) in [7, 11) is -4.15. The van der Waals surface area contributed by atoms with Crippen molar-refractivity contribution in [2.24, 2.45) is 0 Å². The van der Waals surface area contributed by atoms with Gasteiger partial charge in [0, 0.05) is 17.6 Å². The van der Waals surface area contributed by atoms with E-state index in [1.54, 1.807) is 37.3 Å². The number of halogens is 1. The van der Waals surface area contributed by atoms with Gasteiger partial charge in [0.15, 0.2) is 0 Å². The molecular formula is C32H38ClN3O4S. The van der Waals surface area contributed by atoms with Gasteiger partial charge >= 0.3 is 0 Å². The Morgan fingerprint density at radius 3 is 2.10 bits per heavy atom. The van der Waals surface area contributed by atoms with Crippen molar-refractivity contribution < 1.29 is 18.0 Å². The quantitative estimate of drug-likeness (QED) is 0.314. The molecule has 0 bridgehead atoms. The lowest BCUT2D eigenvalue weighted by Gasteiger charge is -2.32. The fourth-order valence-corrected chi connectivity index (χ4v) is 6.55. The first-order chi connectivity index (χ1) is 19.5. The van der Waals surface area contributed by atoms with Gasteiger partial charge in [-0.3, -0.25) is 13.9 Å². The summed E-state index contributed by atoms with van der Waals surface area (Å²) in [4.78, 5) is 28.9. The topological polar surface area (TPSA) is 86.8 Å². The number of nitrogens with one attached hydrogen (secondary N) is 1. The highest BCUT2D eigenvalue weighted by molar-refractivity contribution is 7.92.